The van der Waals surface area contributed by atoms with Crippen molar-refractivity contribution in [1.29, 1.82) is 0 Å². The molecule has 110 valence electrons. The lowest BCUT2D eigenvalue weighted by atomic mass is 10.4. The molecule has 22 heavy (non-hydrogen) atoms. The van der Waals surface area contributed by atoms with Gasteiger partial charge in [0.1, 0.15) is 18.0 Å². The molecule has 0 N–H and O–H groups in total. The first-order valence-electron chi connectivity index (χ1n) is 6.61. The molecule has 0 spiro atoms. The maximum Gasteiger partial charge on any atom is 0.236 e. The summed E-state index contributed by atoms with van der Waals surface area (Å²) in [5.41, 5.74) is 0.818. The van der Waals surface area contributed by atoms with E-state index < -0.39 is 0 Å². The van der Waals surface area contributed by atoms with Crippen LogP contribution in [-0.4, -0.2) is 25.2 Å². The maximum absolute atomic E-state index is 5.72. The molecule has 0 saturated heterocycles. The topological polar surface area (TPSA) is 69.6 Å². The Morgan fingerprint density at radius 1 is 1.14 bits per heavy atom. The highest BCUT2D eigenvalue weighted by Crippen LogP contribution is 2.26. The smallest absolute Gasteiger partial charge is 0.236 e. The van der Waals surface area contributed by atoms with Crippen molar-refractivity contribution in [3.05, 3.63) is 46.5 Å². The van der Waals surface area contributed by atoms with E-state index >= 15 is 0 Å². The first kappa shape index (κ1) is 13.4. The number of aryl methyl sites for hydroxylation is 1. The van der Waals surface area contributed by atoms with Crippen LogP contribution in [0.3, 0.4) is 0 Å². The zero-order valence-electron chi connectivity index (χ0n) is 11.6. The Kier molecular flexibility index (Phi) is 3.32. The summed E-state index contributed by atoms with van der Waals surface area (Å²) in [5, 5.41) is 16.5. The summed E-state index contributed by atoms with van der Waals surface area (Å²) in [4.78, 5) is 8.09. The van der Waals surface area contributed by atoms with Crippen LogP contribution in [0.25, 0.3) is 21.5 Å². The summed E-state index contributed by atoms with van der Waals surface area (Å²) in [7, 11) is 0. The minimum Gasteiger partial charge on any atom is -0.440 e. The van der Waals surface area contributed by atoms with Gasteiger partial charge in [-0.1, -0.05) is 12.1 Å². The van der Waals surface area contributed by atoms with E-state index in [4.69, 9.17) is 4.42 Å². The lowest BCUT2D eigenvalue weighted by Crippen LogP contribution is -2.05. The Labute approximate surface area is 134 Å². The molecule has 0 fully saturated rings. The van der Waals surface area contributed by atoms with E-state index in [-0.39, 0.29) is 0 Å². The molecular weight excluding hydrogens is 318 g/mol. The highest BCUT2D eigenvalue weighted by Gasteiger charge is 2.14. The van der Waals surface area contributed by atoms with Crippen LogP contribution >= 0.6 is 22.7 Å². The van der Waals surface area contributed by atoms with Crippen molar-refractivity contribution < 1.29 is 4.42 Å². The molecule has 4 rings (SSSR count). The van der Waals surface area contributed by atoms with Crippen LogP contribution in [0.15, 0.2) is 39.4 Å². The third kappa shape index (κ3) is 2.46. The molecule has 8 heteroatoms. The average Bonchev–Trinajstić information content (AvgIpc) is 3.28. The molecule has 4 aromatic heterocycles. The lowest BCUT2D eigenvalue weighted by molar-refractivity contribution is 0.526. The number of rotatable bonds is 4. The van der Waals surface area contributed by atoms with Crippen LogP contribution in [0.1, 0.15) is 11.5 Å². The van der Waals surface area contributed by atoms with Crippen molar-refractivity contribution in [3.63, 3.8) is 0 Å². The fourth-order valence-electron chi connectivity index (χ4n) is 2.03. The standard InChI is InChI=1S/C14H11N5OS2/c1-9-10(15-14(20-9)12-5-3-7-22-12)8-19-17-13(16-18-19)11-4-2-6-21-11/h2-7H,8H2,1H3. The van der Waals surface area contributed by atoms with Crippen molar-refractivity contribution in [2.24, 2.45) is 0 Å². The first-order chi connectivity index (χ1) is 10.8. The Morgan fingerprint density at radius 2 is 1.91 bits per heavy atom. The second-order valence-electron chi connectivity index (χ2n) is 4.62. The van der Waals surface area contributed by atoms with Crippen LogP contribution in [-0.2, 0) is 6.54 Å². The van der Waals surface area contributed by atoms with Gasteiger partial charge in [-0.2, -0.15) is 4.80 Å². The lowest BCUT2D eigenvalue weighted by Gasteiger charge is -1.94. The second-order valence-corrected chi connectivity index (χ2v) is 6.52. The van der Waals surface area contributed by atoms with E-state index in [9.17, 15) is 0 Å². The fourth-order valence-corrected chi connectivity index (χ4v) is 3.33. The largest absolute Gasteiger partial charge is 0.440 e. The van der Waals surface area contributed by atoms with Gasteiger partial charge in [-0.15, -0.1) is 32.9 Å². The minimum absolute atomic E-state index is 0.444. The zero-order valence-corrected chi connectivity index (χ0v) is 13.3. The molecule has 0 amide bonds. The molecule has 6 nitrogen and oxygen atoms in total. The number of oxazole rings is 1. The van der Waals surface area contributed by atoms with Crippen molar-refractivity contribution in [2.45, 2.75) is 13.5 Å². The summed E-state index contributed by atoms with van der Waals surface area (Å²) in [6.07, 6.45) is 0. The SMILES string of the molecule is Cc1oc(-c2cccs2)nc1Cn1nnc(-c2cccs2)n1. The van der Waals surface area contributed by atoms with E-state index in [2.05, 4.69) is 20.4 Å². The fraction of sp³-hybridized carbons (Fsp3) is 0.143. The van der Waals surface area contributed by atoms with Gasteiger partial charge in [0, 0.05) is 0 Å². The number of nitrogens with zero attached hydrogens (tertiary/aromatic N) is 5. The van der Waals surface area contributed by atoms with E-state index in [0.29, 0.717) is 18.3 Å². The molecule has 0 aliphatic heterocycles. The van der Waals surface area contributed by atoms with Crippen LogP contribution in [0.5, 0.6) is 0 Å². The molecule has 4 aromatic rings. The van der Waals surface area contributed by atoms with Gasteiger partial charge in [-0.05, 0) is 35.0 Å². The molecule has 0 atom stereocenters. The molecular formula is C14H11N5OS2. The van der Waals surface area contributed by atoms with Crippen LogP contribution in [0.4, 0.5) is 0 Å². The average molecular weight is 329 g/mol. The summed E-state index contributed by atoms with van der Waals surface area (Å²) >= 11 is 3.19. The number of hydrogen-bond donors (Lipinski definition) is 0. The van der Waals surface area contributed by atoms with Crippen LogP contribution < -0.4 is 0 Å². The summed E-state index contributed by atoms with van der Waals surface area (Å²) in [6.45, 7) is 2.34. The minimum atomic E-state index is 0.444. The Balaban J connectivity index is 1.59. The number of hydrogen-bond acceptors (Lipinski definition) is 7. The van der Waals surface area contributed by atoms with Gasteiger partial charge in [0.25, 0.3) is 0 Å². The Bertz CT molecular complexity index is 877. The van der Waals surface area contributed by atoms with E-state index in [1.807, 2.05) is 41.9 Å². The van der Waals surface area contributed by atoms with Gasteiger partial charge < -0.3 is 4.42 Å². The molecule has 0 saturated carbocycles. The first-order valence-corrected chi connectivity index (χ1v) is 8.37. The van der Waals surface area contributed by atoms with Crippen molar-refractivity contribution in [1.82, 2.24) is 25.2 Å². The predicted octanol–water partition coefficient (Wildman–Crippen LogP) is 3.47. The number of tetrazole rings is 1. The summed E-state index contributed by atoms with van der Waals surface area (Å²) in [5.74, 6) is 2.05. The quantitative estimate of drug-likeness (QED) is 0.573. The molecule has 0 aromatic carbocycles. The second kappa shape index (κ2) is 5.47. The number of aromatic nitrogens is 5. The summed E-state index contributed by atoms with van der Waals surface area (Å²) < 4.78 is 5.72. The molecule has 0 aliphatic carbocycles. The molecule has 0 bridgehead atoms. The molecule has 4 heterocycles. The van der Waals surface area contributed by atoms with Crippen LogP contribution in [0.2, 0.25) is 0 Å². The van der Waals surface area contributed by atoms with Gasteiger partial charge in [0.2, 0.25) is 11.7 Å². The van der Waals surface area contributed by atoms with Gasteiger partial charge in [-0.25, -0.2) is 4.98 Å². The Hall–Kier alpha value is -2.32. The third-order valence-corrected chi connectivity index (χ3v) is 4.83. The molecule has 0 radical (unpaired) electrons. The van der Waals surface area contributed by atoms with Gasteiger partial charge in [-0.3, -0.25) is 0 Å². The maximum atomic E-state index is 5.72. The van der Waals surface area contributed by atoms with Crippen LogP contribution in [0, 0.1) is 6.92 Å². The molecule has 0 unspecified atom stereocenters. The highest BCUT2D eigenvalue weighted by atomic mass is 32.1. The highest BCUT2D eigenvalue weighted by molar-refractivity contribution is 7.13. The van der Waals surface area contributed by atoms with Crippen molar-refractivity contribution >= 4 is 22.7 Å². The van der Waals surface area contributed by atoms with Crippen molar-refractivity contribution in [2.75, 3.05) is 0 Å². The third-order valence-electron chi connectivity index (χ3n) is 3.11. The van der Waals surface area contributed by atoms with E-state index in [1.165, 1.54) is 4.80 Å². The molecule has 0 aliphatic rings. The summed E-state index contributed by atoms with van der Waals surface area (Å²) in [6, 6.07) is 7.91. The van der Waals surface area contributed by atoms with Gasteiger partial charge in [0.15, 0.2) is 0 Å². The van der Waals surface area contributed by atoms with Crippen molar-refractivity contribution in [3.8, 4) is 21.5 Å². The van der Waals surface area contributed by atoms with Gasteiger partial charge >= 0.3 is 0 Å². The normalized spacial score (nSPS) is 11.1. The van der Waals surface area contributed by atoms with E-state index in [0.717, 1.165) is 21.2 Å². The van der Waals surface area contributed by atoms with Gasteiger partial charge in [0.05, 0.1) is 9.75 Å². The zero-order chi connectivity index (χ0) is 14.9. The predicted molar refractivity (Wildman–Crippen MR) is 84.8 cm³/mol. The van der Waals surface area contributed by atoms with E-state index in [1.54, 1.807) is 22.7 Å². The monoisotopic (exact) mass is 329 g/mol. The number of thiophene rings is 2. The Morgan fingerprint density at radius 3 is 2.64 bits per heavy atom.